The molecular weight excluding hydrogens is 234 g/mol. The minimum absolute atomic E-state index is 0.0454. The molecule has 0 saturated carbocycles. The standard InChI is InChI=1S/C12H23N3O3/c1-8(2)5-15-11(16)3-4-14-12(17)9-6-18-7-10(9)13/h8-10H,3-7,13H2,1-2H3,(H,14,17)(H,15,16). The molecule has 6 nitrogen and oxygen atoms in total. The van der Waals surface area contributed by atoms with Crippen molar-refractivity contribution < 1.29 is 14.3 Å². The molecule has 104 valence electrons. The highest BCUT2D eigenvalue weighted by atomic mass is 16.5. The van der Waals surface area contributed by atoms with E-state index in [0.29, 0.717) is 38.6 Å². The van der Waals surface area contributed by atoms with Crippen molar-refractivity contribution in [1.82, 2.24) is 10.6 Å². The van der Waals surface area contributed by atoms with Crippen molar-refractivity contribution in [1.29, 1.82) is 0 Å². The Kier molecular flexibility index (Phi) is 6.07. The van der Waals surface area contributed by atoms with Crippen LogP contribution in [0.15, 0.2) is 0 Å². The van der Waals surface area contributed by atoms with Gasteiger partial charge in [0.25, 0.3) is 0 Å². The summed E-state index contributed by atoms with van der Waals surface area (Å²) in [5.74, 6) is -0.0338. The summed E-state index contributed by atoms with van der Waals surface area (Å²) in [4.78, 5) is 23.1. The lowest BCUT2D eigenvalue weighted by atomic mass is 10.0. The summed E-state index contributed by atoms with van der Waals surface area (Å²) in [6.07, 6.45) is 0.293. The topological polar surface area (TPSA) is 93.5 Å². The Morgan fingerprint density at radius 2 is 2.06 bits per heavy atom. The Labute approximate surface area is 108 Å². The molecule has 0 bridgehead atoms. The van der Waals surface area contributed by atoms with Crippen LogP contribution in [-0.4, -0.2) is 44.2 Å². The third-order valence-electron chi connectivity index (χ3n) is 2.82. The van der Waals surface area contributed by atoms with Gasteiger partial charge in [0, 0.05) is 25.6 Å². The van der Waals surface area contributed by atoms with E-state index in [4.69, 9.17) is 10.5 Å². The maximum Gasteiger partial charge on any atom is 0.227 e. The molecule has 1 saturated heterocycles. The van der Waals surface area contributed by atoms with Gasteiger partial charge in [-0.2, -0.15) is 0 Å². The van der Waals surface area contributed by atoms with Crippen LogP contribution >= 0.6 is 0 Å². The van der Waals surface area contributed by atoms with E-state index in [9.17, 15) is 9.59 Å². The highest BCUT2D eigenvalue weighted by Gasteiger charge is 2.30. The Hall–Kier alpha value is -1.14. The van der Waals surface area contributed by atoms with Gasteiger partial charge >= 0.3 is 0 Å². The highest BCUT2D eigenvalue weighted by Crippen LogP contribution is 2.11. The van der Waals surface area contributed by atoms with Crippen LogP contribution in [0.3, 0.4) is 0 Å². The summed E-state index contributed by atoms with van der Waals surface area (Å²) < 4.78 is 5.12. The van der Waals surface area contributed by atoms with Gasteiger partial charge in [0.1, 0.15) is 0 Å². The number of hydrogen-bond acceptors (Lipinski definition) is 4. The number of nitrogens with one attached hydrogen (secondary N) is 2. The zero-order valence-electron chi connectivity index (χ0n) is 11.1. The van der Waals surface area contributed by atoms with Gasteiger partial charge < -0.3 is 21.1 Å². The van der Waals surface area contributed by atoms with Gasteiger partial charge in [-0.1, -0.05) is 13.8 Å². The zero-order chi connectivity index (χ0) is 13.5. The molecule has 1 rings (SSSR count). The van der Waals surface area contributed by atoms with Gasteiger partial charge in [-0.3, -0.25) is 9.59 Å². The average molecular weight is 257 g/mol. The SMILES string of the molecule is CC(C)CNC(=O)CCNC(=O)C1COCC1N. The van der Waals surface area contributed by atoms with Crippen molar-refractivity contribution in [3.05, 3.63) is 0 Å². The third-order valence-corrected chi connectivity index (χ3v) is 2.82. The molecule has 0 aromatic carbocycles. The summed E-state index contributed by atoms with van der Waals surface area (Å²) >= 11 is 0. The number of hydrogen-bond donors (Lipinski definition) is 3. The van der Waals surface area contributed by atoms with E-state index < -0.39 is 0 Å². The molecule has 0 aliphatic carbocycles. The first-order valence-electron chi connectivity index (χ1n) is 6.38. The maximum absolute atomic E-state index is 11.7. The predicted molar refractivity (Wildman–Crippen MR) is 67.8 cm³/mol. The number of carbonyl (C=O) groups excluding carboxylic acids is 2. The first kappa shape index (κ1) is 14.9. The zero-order valence-corrected chi connectivity index (χ0v) is 11.1. The Morgan fingerprint density at radius 1 is 1.33 bits per heavy atom. The summed E-state index contributed by atoms with van der Waals surface area (Å²) in [7, 11) is 0. The molecule has 1 aliphatic heterocycles. The van der Waals surface area contributed by atoms with Crippen molar-refractivity contribution in [3.63, 3.8) is 0 Å². The molecule has 0 spiro atoms. The second kappa shape index (κ2) is 7.33. The second-order valence-corrected chi connectivity index (χ2v) is 5.05. The van der Waals surface area contributed by atoms with Gasteiger partial charge in [-0.05, 0) is 5.92 Å². The van der Waals surface area contributed by atoms with E-state index in [2.05, 4.69) is 10.6 Å². The first-order valence-corrected chi connectivity index (χ1v) is 6.38. The van der Waals surface area contributed by atoms with Crippen LogP contribution in [0.5, 0.6) is 0 Å². The van der Waals surface area contributed by atoms with Crippen molar-refractivity contribution >= 4 is 11.8 Å². The molecule has 0 aromatic heterocycles. The average Bonchev–Trinajstić information content (AvgIpc) is 2.72. The van der Waals surface area contributed by atoms with Crippen LogP contribution in [-0.2, 0) is 14.3 Å². The van der Waals surface area contributed by atoms with Crippen molar-refractivity contribution in [2.24, 2.45) is 17.6 Å². The number of carbonyl (C=O) groups is 2. The fourth-order valence-electron chi connectivity index (χ4n) is 1.68. The summed E-state index contributed by atoms with van der Waals surface area (Å²) in [6.45, 7) is 5.85. The molecular formula is C12H23N3O3. The third kappa shape index (κ3) is 5.01. The second-order valence-electron chi connectivity index (χ2n) is 5.05. The molecule has 1 aliphatic rings. The molecule has 2 unspecified atom stereocenters. The molecule has 1 fully saturated rings. The Bertz CT molecular complexity index is 294. The largest absolute Gasteiger partial charge is 0.379 e. The number of amides is 2. The van der Waals surface area contributed by atoms with Gasteiger partial charge in [-0.15, -0.1) is 0 Å². The van der Waals surface area contributed by atoms with E-state index in [0.717, 1.165) is 0 Å². The van der Waals surface area contributed by atoms with Crippen LogP contribution in [0.25, 0.3) is 0 Å². The normalized spacial score (nSPS) is 23.1. The lowest BCUT2D eigenvalue weighted by Crippen LogP contribution is -2.42. The van der Waals surface area contributed by atoms with Crippen LogP contribution in [0.1, 0.15) is 20.3 Å². The Morgan fingerprint density at radius 3 is 2.61 bits per heavy atom. The first-order chi connectivity index (χ1) is 8.50. The number of ether oxygens (including phenoxy) is 1. The number of rotatable bonds is 6. The molecule has 0 aromatic rings. The molecule has 4 N–H and O–H groups in total. The summed E-state index contributed by atoms with van der Waals surface area (Å²) in [5, 5.41) is 5.51. The van der Waals surface area contributed by atoms with E-state index in [1.165, 1.54) is 0 Å². The van der Waals surface area contributed by atoms with E-state index in [1.54, 1.807) is 0 Å². The van der Waals surface area contributed by atoms with Gasteiger partial charge in [0.05, 0.1) is 19.1 Å². The summed E-state index contributed by atoms with van der Waals surface area (Å²) in [6, 6.07) is -0.236. The minimum atomic E-state index is -0.288. The molecule has 6 heteroatoms. The van der Waals surface area contributed by atoms with Crippen molar-refractivity contribution in [2.45, 2.75) is 26.3 Å². The smallest absolute Gasteiger partial charge is 0.227 e. The predicted octanol–water partition coefficient (Wildman–Crippen LogP) is -0.761. The molecule has 2 atom stereocenters. The van der Waals surface area contributed by atoms with Gasteiger partial charge in [0.15, 0.2) is 0 Å². The molecule has 2 amide bonds. The van der Waals surface area contributed by atoms with Gasteiger partial charge in [0.2, 0.25) is 11.8 Å². The molecule has 0 radical (unpaired) electrons. The van der Waals surface area contributed by atoms with Crippen LogP contribution in [0.2, 0.25) is 0 Å². The molecule has 18 heavy (non-hydrogen) atoms. The maximum atomic E-state index is 11.7. The van der Waals surface area contributed by atoms with Crippen molar-refractivity contribution in [3.8, 4) is 0 Å². The van der Waals surface area contributed by atoms with E-state index >= 15 is 0 Å². The Balaban J connectivity index is 2.13. The quantitative estimate of drug-likeness (QED) is 0.583. The fraction of sp³-hybridized carbons (Fsp3) is 0.833. The van der Waals surface area contributed by atoms with E-state index in [1.807, 2.05) is 13.8 Å². The fourth-order valence-corrected chi connectivity index (χ4v) is 1.68. The highest BCUT2D eigenvalue weighted by molar-refractivity contribution is 5.81. The number of nitrogens with two attached hydrogens (primary N) is 1. The van der Waals surface area contributed by atoms with E-state index in [-0.39, 0.29) is 23.8 Å². The van der Waals surface area contributed by atoms with Crippen LogP contribution in [0.4, 0.5) is 0 Å². The van der Waals surface area contributed by atoms with Crippen LogP contribution < -0.4 is 16.4 Å². The minimum Gasteiger partial charge on any atom is -0.379 e. The van der Waals surface area contributed by atoms with Gasteiger partial charge in [-0.25, -0.2) is 0 Å². The van der Waals surface area contributed by atoms with Crippen molar-refractivity contribution in [2.75, 3.05) is 26.3 Å². The lowest BCUT2D eigenvalue weighted by Gasteiger charge is -2.13. The monoisotopic (exact) mass is 257 g/mol. The summed E-state index contributed by atoms with van der Waals surface area (Å²) in [5.41, 5.74) is 5.73. The molecule has 1 heterocycles. The lowest BCUT2D eigenvalue weighted by molar-refractivity contribution is -0.125. The van der Waals surface area contributed by atoms with Crippen LogP contribution in [0, 0.1) is 11.8 Å².